The number of hydrogen-bond donors (Lipinski definition) is 2. The number of hydrogen-bond acceptors (Lipinski definition) is 4. The third-order valence-corrected chi connectivity index (χ3v) is 4.31. The Morgan fingerprint density at radius 2 is 1.96 bits per heavy atom. The summed E-state index contributed by atoms with van der Waals surface area (Å²) < 4.78 is 36.4. The predicted molar refractivity (Wildman–Crippen MR) is 86.8 cm³/mol. The summed E-state index contributed by atoms with van der Waals surface area (Å²) in [4.78, 5) is 4.29. The first kappa shape index (κ1) is 15.4. The zero-order chi connectivity index (χ0) is 16.4. The van der Waals surface area contributed by atoms with Crippen molar-refractivity contribution in [2.45, 2.75) is 11.4 Å². The monoisotopic (exact) mass is 331 g/mol. The quantitative estimate of drug-likeness (QED) is 0.769. The zero-order valence-corrected chi connectivity index (χ0v) is 12.8. The standard InChI is InChI=1S/C16H14FN3O2S/c17-13-7-11-3-2-6-19-16(11)12(8-13)10-20-14-4-1-5-15(9-14)23(18,21)22/h1-9,20H,10H2,(H2,18,21,22). The maximum atomic E-state index is 13.7. The molecule has 0 unspecified atom stereocenters. The molecule has 0 saturated carbocycles. The largest absolute Gasteiger partial charge is 0.381 e. The molecule has 5 nitrogen and oxygen atoms in total. The Morgan fingerprint density at radius 1 is 1.13 bits per heavy atom. The first-order valence-corrected chi connectivity index (χ1v) is 8.38. The number of sulfonamides is 1. The van der Waals surface area contributed by atoms with E-state index in [9.17, 15) is 12.8 Å². The summed E-state index contributed by atoms with van der Waals surface area (Å²) >= 11 is 0. The Labute approximate surface area is 133 Å². The lowest BCUT2D eigenvalue weighted by atomic mass is 10.1. The van der Waals surface area contributed by atoms with Crippen LogP contribution in [-0.4, -0.2) is 13.4 Å². The van der Waals surface area contributed by atoms with E-state index in [1.807, 2.05) is 0 Å². The van der Waals surface area contributed by atoms with Crippen LogP contribution in [0.2, 0.25) is 0 Å². The van der Waals surface area contributed by atoms with Gasteiger partial charge in [-0.05, 0) is 36.4 Å². The summed E-state index contributed by atoms with van der Waals surface area (Å²) in [5.41, 5.74) is 1.95. The number of halogens is 1. The third kappa shape index (κ3) is 3.46. The number of nitrogens with zero attached hydrogens (tertiary/aromatic N) is 1. The van der Waals surface area contributed by atoms with Gasteiger partial charge in [0.2, 0.25) is 10.0 Å². The topological polar surface area (TPSA) is 85.1 Å². The van der Waals surface area contributed by atoms with Crippen LogP contribution in [0.1, 0.15) is 5.56 Å². The fourth-order valence-corrected chi connectivity index (χ4v) is 2.90. The van der Waals surface area contributed by atoms with Crippen LogP contribution in [0.15, 0.2) is 59.6 Å². The van der Waals surface area contributed by atoms with E-state index in [2.05, 4.69) is 10.3 Å². The van der Waals surface area contributed by atoms with Gasteiger partial charge in [-0.15, -0.1) is 0 Å². The van der Waals surface area contributed by atoms with Crippen LogP contribution in [0.3, 0.4) is 0 Å². The van der Waals surface area contributed by atoms with E-state index in [4.69, 9.17) is 5.14 Å². The summed E-state index contributed by atoms with van der Waals surface area (Å²) in [6.45, 7) is 0.305. The molecule has 1 heterocycles. The first-order chi connectivity index (χ1) is 10.9. The van der Waals surface area contributed by atoms with Gasteiger partial charge in [0.1, 0.15) is 5.82 Å². The number of primary sulfonamides is 1. The maximum Gasteiger partial charge on any atom is 0.238 e. The van der Waals surface area contributed by atoms with Gasteiger partial charge in [-0.3, -0.25) is 4.98 Å². The van der Waals surface area contributed by atoms with Crippen LogP contribution in [0.25, 0.3) is 10.9 Å². The second-order valence-corrected chi connectivity index (χ2v) is 6.63. The van der Waals surface area contributed by atoms with Crippen molar-refractivity contribution in [3.05, 3.63) is 66.1 Å². The number of fused-ring (bicyclic) bond motifs is 1. The van der Waals surface area contributed by atoms with E-state index in [1.165, 1.54) is 24.3 Å². The van der Waals surface area contributed by atoms with Gasteiger partial charge in [-0.2, -0.15) is 0 Å². The summed E-state index contributed by atoms with van der Waals surface area (Å²) in [6.07, 6.45) is 1.64. The highest BCUT2D eigenvalue weighted by Gasteiger charge is 2.09. The van der Waals surface area contributed by atoms with Crippen LogP contribution in [0.4, 0.5) is 10.1 Å². The molecular weight excluding hydrogens is 317 g/mol. The van der Waals surface area contributed by atoms with Gasteiger partial charge in [0.25, 0.3) is 0 Å². The summed E-state index contributed by atoms with van der Waals surface area (Å²) in [5.74, 6) is -0.347. The third-order valence-electron chi connectivity index (χ3n) is 3.39. The van der Waals surface area contributed by atoms with Gasteiger partial charge in [0, 0.05) is 29.4 Å². The van der Waals surface area contributed by atoms with Crippen molar-refractivity contribution in [3.63, 3.8) is 0 Å². The number of aromatic nitrogens is 1. The predicted octanol–water partition coefficient (Wildman–Crippen LogP) is 2.63. The van der Waals surface area contributed by atoms with Crippen LogP contribution in [0.5, 0.6) is 0 Å². The molecule has 3 N–H and O–H groups in total. The lowest BCUT2D eigenvalue weighted by Gasteiger charge is -2.10. The van der Waals surface area contributed by atoms with Crippen molar-refractivity contribution in [2.75, 3.05) is 5.32 Å². The normalized spacial score (nSPS) is 11.6. The molecule has 23 heavy (non-hydrogen) atoms. The van der Waals surface area contributed by atoms with Crippen molar-refractivity contribution in [1.29, 1.82) is 0 Å². The van der Waals surface area contributed by atoms with Crippen molar-refractivity contribution in [3.8, 4) is 0 Å². The molecule has 0 aliphatic heterocycles. The maximum absolute atomic E-state index is 13.7. The molecule has 3 aromatic rings. The van der Waals surface area contributed by atoms with Crippen LogP contribution < -0.4 is 10.5 Å². The Morgan fingerprint density at radius 3 is 2.74 bits per heavy atom. The van der Waals surface area contributed by atoms with Gasteiger partial charge in [-0.25, -0.2) is 17.9 Å². The second kappa shape index (κ2) is 5.94. The molecule has 0 amide bonds. The van der Waals surface area contributed by atoms with E-state index >= 15 is 0 Å². The number of nitrogens with two attached hydrogens (primary N) is 1. The minimum absolute atomic E-state index is 0.0183. The lowest BCUT2D eigenvalue weighted by molar-refractivity contribution is 0.598. The molecule has 0 aliphatic rings. The summed E-state index contributed by atoms with van der Waals surface area (Å²) in [6, 6.07) is 12.5. The molecule has 118 valence electrons. The molecule has 0 radical (unpaired) electrons. The molecule has 0 aliphatic carbocycles. The number of pyridine rings is 1. The molecule has 0 fully saturated rings. The van der Waals surface area contributed by atoms with Crippen molar-refractivity contribution in [2.24, 2.45) is 5.14 Å². The highest BCUT2D eigenvalue weighted by Crippen LogP contribution is 2.20. The van der Waals surface area contributed by atoms with Gasteiger partial charge in [-0.1, -0.05) is 12.1 Å². The van der Waals surface area contributed by atoms with Gasteiger partial charge >= 0.3 is 0 Å². The smallest absolute Gasteiger partial charge is 0.238 e. The van der Waals surface area contributed by atoms with Crippen LogP contribution in [-0.2, 0) is 16.6 Å². The molecule has 2 aromatic carbocycles. The average Bonchev–Trinajstić information content (AvgIpc) is 2.52. The molecule has 0 saturated heterocycles. The Bertz CT molecular complexity index is 974. The highest BCUT2D eigenvalue weighted by atomic mass is 32.2. The fraction of sp³-hybridized carbons (Fsp3) is 0.0625. The van der Waals surface area contributed by atoms with E-state index < -0.39 is 10.0 Å². The average molecular weight is 331 g/mol. The number of benzene rings is 2. The Kier molecular flexibility index (Phi) is 3.97. The number of nitrogens with one attached hydrogen (secondary N) is 1. The summed E-state index contributed by atoms with van der Waals surface area (Å²) in [5, 5.41) is 8.89. The zero-order valence-electron chi connectivity index (χ0n) is 12.0. The van der Waals surface area contributed by atoms with Crippen molar-refractivity contribution >= 4 is 26.6 Å². The van der Waals surface area contributed by atoms with Crippen LogP contribution >= 0.6 is 0 Å². The van der Waals surface area contributed by atoms with Gasteiger partial charge in [0.05, 0.1) is 10.4 Å². The molecule has 0 bridgehead atoms. The van der Waals surface area contributed by atoms with Crippen molar-refractivity contribution in [1.82, 2.24) is 4.98 Å². The van der Waals surface area contributed by atoms with Gasteiger partial charge in [0.15, 0.2) is 0 Å². The highest BCUT2D eigenvalue weighted by molar-refractivity contribution is 7.89. The van der Waals surface area contributed by atoms with E-state index in [-0.39, 0.29) is 10.7 Å². The lowest BCUT2D eigenvalue weighted by Crippen LogP contribution is -2.12. The van der Waals surface area contributed by atoms with Gasteiger partial charge < -0.3 is 5.32 Å². The minimum Gasteiger partial charge on any atom is -0.381 e. The van der Waals surface area contributed by atoms with E-state index in [0.717, 1.165) is 0 Å². The molecular formula is C16H14FN3O2S. The Balaban J connectivity index is 1.90. The molecule has 1 aromatic heterocycles. The van der Waals surface area contributed by atoms with Crippen LogP contribution in [0, 0.1) is 5.82 Å². The Hall–Kier alpha value is -2.51. The molecule has 3 rings (SSSR count). The SMILES string of the molecule is NS(=O)(=O)c1cccc(NCc2cc(F)cc3cccnc23)c1. The number of anilines is 1. The fourth-order valence-electron chi connectivity index (χ4n) is 2.34. The van der Waals surface area contributed by atoms with Crippen molar-refractivity contribution < 1.29 is 12.8 Å². The first-order valence-electron chi connectivity index (χ1n) is 6.83. The minimum atomic E-state index is -3.76. The second-order valence-electron chi connectivity index (χ2n) is 5.07. The molecule has 0 atom stereocenters. The number of rotatable bonds is 4. The molecule has 0 spiro atoms. The van der Waals surface area contributed by atoms with E-state index in [1.54, 1.807) is 30.5 Å². The summed E-state index contributed by atoms with van der Waals surface area (Å²) in [7, 11) is -3.76. The van der Waals surface area contributed by atoms with E-state index in [0.29, 0.717) is 28.7 Å². The molecule has 7 heteroatoms.